The molecule has 1 saturated heterocycles. The fourth-order valence-corrected chi connectivity index (χ4v) is 2.52. The van der Waals surface area contributed by atoms with E-state index in [2.05, 4.69) is 0 Å². The second kappa shape index (κ2) is 5.75. The molecule has 0 radical (unpaired) electrons. The first kappa shape index (κ1) is 16.4. The molecule has 0 saturated carbocycles. The zero-order valence-electron chi connectivity index (χ0n) is 12.5. The van der Waals surface area contributed by atoms with Crippen LogP contribution in [0, 0.1) is 0 Å². The zero-order chi connectivity index (χ0) is 14.7. The lowest BCUT2D eigenvalue weighted by molar-refractivity contribution is -0.828. The molecular weight excluding hydrogens is 249 g/mol. The maximum atomic E-state index is 14.6. The monoisotopic (exact) mass is 276 g/mol. The van der Waals surface area contributed by atoms with Crippen molar-refractivity contribution >= 4 is 6.09 Å². The van der Waals surface area contributed by atoms with Crippen molar-refractivity contribution in [1.82, 2.24) is 0 Å². The molecule has 19 heavy (non-hydrogen) atoms. The van der Waals surface area contributed by atoms with Gasteiger partial charge in [-0.15, -0.1) is 0 Å². The van der Waals surface area contributed by atoms with Crippen LogP contribution in [0.2, 0.25) is 0 Å². The third-order valence-corrected chi connectivity index (χ3v) is 3.55. The van der Waals surface area contributed by atoms with Crippen LogP contribution in [0.1, 0.15) is 46.5 Å². The Morgan fingerprint density at radius 2 is 2.05 bits per heavy atom. The van der Waals surface area contributed by atoms with Crippen LogP contribution in [-0.4, -0.2) is 53.7 Å². The predicted molar refractivity (Wildman–Crippen MR) is 71.5 cm³/mol. The minimum Gasteiger partial charge on any atom is -0.414 e. The molecule has 5 heteroatoms. The number of carbonyl (C=O) groups excluding carboxylic acids is 1. The Labute approximate surface area is 115 Å². The van der Waals surface area contributed by atoms with Crippen LogP contribution in [-0.2, 0) is 4.74 Å². The number of ether oxygens (including phenoxy) is 1. The summed E-state index contributed by atoms with van der Waals surface area (Å²) < 4.78 is 20.0. The number of carbonyl (C=O) groups is 1. The Kier molecular flexibility index (Phi) is 4.96. The molecule has 1 heterocycles. The van der Waals surface area contributed by atoms with Gasteiger partial charge in [0.1, 0.15) is 12.1 Å². The minimum atomic E-state index is -1.30. The number of nitrogens with zero attached hydrogens (tertiary/aromatic N) is 1. The molecule has 1 fully saturated rings. The number of hydrogen-bond donors (Lipinski definition) is 1. The van der Waals surface area contributed by atoms with Gasteiger partial charge in [-0.3, -0.25) is 0 Å². The van der Waals surface area contributed by atoms with Crippen molar-refractivity contribution in [2.45, 2.75) is 57.7 Å². The number of rotatable bonds is 4. The summed E-state index contributed by atoms with van der Waals surface area (Å²) in [5, 5.41) is 8.74. The SMILES string of the molecule is CC(C)(C)OC(=O)[N+]1(C)CCC(F)(CCCCO)C1. The molecule has 1 N–H and O–H groups in total. The van der Waals surface area contributed by atoms with Crippen molar-refractivity contribution in [2.24, 2.45) is 0 Å². The molecule has 1 rings (SSSR count). The van der Waals surface area contributed by atoms with Crippen LogP contribution in [0.15, 0.2) is 0 Å². The van der Waals surface area contributed by atoms with Crippen molar-refractivity contribution in [2.75, 3.05) is 26.7 Å². The van der Waals surface area contributed by atoms with Gasteiger partial charge < -0.3 is 9.84 Å². The van der Waals surface area contributed by atoms with Gasteiger partial charge in [0.2, 0.25) is 0 Å². The molecule has 0 spiro atoms. The normalized spacial score (nSPS) is 31.5. The molecule has 2 unspecified atom stereocenters. The van der Waals surface area contributed by atoms with E-state index in [1.165, 1.54) is 0 Å². The van der Waals surface area contributed by atoms with Crippen LogP contribution >= 0.6 is 0 Å². The van der Waals surface area contributed by atoms with E-state index in [1.54, 1.807) is 7.05 Å². The third kappa shape index (κ3) is 4.73. The number of amides is 1. The van der Waals surface area contributed by atoms with Gasteiger partial charge in [-0.2, -0.15) is 4.79 Å². The van der Waals surface area contributed by atoms with Gasteiger partial charge >= 0.3 is 6.09 Å². The predicted octanol–water partition coefficient (Wildman–Crippen LogP) is 2.64. The molecule has 112 valence electrons. The molecule has 2 atom stereocenters. The highest BCUT2D eigenvalue weighted by atomic mass is 19.1. The van der Waals surface area contributed by atoms with Crippen LogP contribution in [0.4, 0.5) is 9.18 Å². The molecule has 1 amide bonds. The summed E-state index contributed by atoms with van der Waals surface area (Å²) >= 11 is 0. The largest absolute Gasteiger partial charge is 0.516 e. The number of quaternary nitrogens is 1. The number of aliphatic hydroxyl groups is 1. The number of likely N-dealkylation sites (tertiary alicyclic amines) is 1. The first-order valence-corrected chi connectivity index (χ1v) is 6.98. The summed E-state index contributed by atoms with van der Waals surface area (Å²) in [7, 11) is 1.74. The summed E-state index contributed by atoms with van der Waals surface area (Å²) in [5.41, 5.74) is -1.85. The highest BCUT2D eigenvalue weighted by Crippen LogP contribution is 2.35. The fraction of sp³-hybridized carbons (Fsp3) is 0.929. The van der Waals surface area contributed by atoms with E-state index in [4.69, 9.17) is 9.84 Å². The van der Waals surface area contributed by atoms with E-state index in [-0.39, 0.29) is 23.7 Å². The summed E-state index contributed by atoms with van der Waals surface area (Å²) in [6.07, 6.45) is 1.70. The van der Waals surface area contributed by atoms with Gasteiger partial charge in [-0.25, -0.2) is 8.87 Å². The number of hydrogen-bond acceptors (Lipinski definition) is 3. The number of aliphatic hydroxyl groups excluding tert-OH is 1. The van der Waals surface area contributed by atoms with Crippen molar-refractivity contribution in [3.8, 4) is 0 Å². The van der Waals surface area contributed by atoms with Crippen molar-refractivity contribution in [3.05, 3.63) is 0 Å². The van der Waals surface area contributed by atoms with Crippen molar-refractivity contribution in [1.29, 1.82) is 0 Å². The maximum Gasteiger partial charge on any atom is 0.516 e. The topological polar surface area (TPSA) is 46.5 Å². The van der Waals surface area contributed by atoms with E-state index < -0.39 is 11.3 Å². The zero-order valence-corrected chi connectivity index (χ0v) is 12.5. The quantitative estimate of drug-likeness (QED) is 0.634. The van der Waals surface area contributed by atoms with Crippen LogP contribution < -0.4 is 0 Å². The van der Waals surface area contributed by atoms with Gasteiger partial charge in [0.05, 0.1) is 13.6 Å². The Morgan fingerprint density at radius 3 is 2.58 bits per heavy atom. The third-order valence-electron chi connectivity index (χ3n) is 3.55. The number of halogens is 1. The van der Waals surface area contributed by atoms with Crippen LogP contribution in [0.3, 0.4) is 0 Å². The summed E-state index contributed by atoms with van der Waals surface area (Å²) in [6.45, 7) is 6.19. The molecule has 1 aliphatic rings. The number of unbranched alkanes of at least 4 members (excludes halogenated alkanes) is 1. The van der Waals surface area contributed by atoms with E-state index in [9.17, 15) is 9.18 Å². The molecule has 0 aromatic rings. The molecule has 0 aliphatic carbocycles. The Balaban J connectivity index is 2.59. The number of alkyl halides is 1. The lowest BCUT2D eigenvalue weighted by atomic mass is 9.98. The Bertz CT molecular complexity index is 329. The molecule has 0 aromatic heterocycles. The molecule has 0 aromatic carbocycles. The van der Waals surface area contributed by atoms with Gasteiger partial charge in [-0.1, -0.05) is 0 Å². The second-order valence-corrected chi connectivity index (χ2v) is 6.84. The molecule has 0 bridgehead atoms. The van der Waals surface area contributed by atoms with Crippen LogP contribution in [0.5, 0.6) is 0 Å². The van der Waals surface area contributed by atoms with Gasteiger partial charge in [0, 0.05) is 13.0 Å². The van der Waals surface area contributed by atoms with Gasteiger partial charge in [-0.05, 0) is 40.0 Å². The molecule has 1 aliphatic heterocycles. The fourth-order valence-electron chi connectivity index (χ4n) is 2.52. The average Bonchev–Trinajstić information content (AvgIpc) is 2.55. The second-order valence-electron chi connectivity index (χ2n) is 6.84. The highest BCUT2D eigenvalue weighted by Gasteiger charge is 2.52. The van der Waals surface area contributed by atoms with Gasteiger partial charge in [0.15, 0.2) is 5.67 Å². The van der Waals surface area contributed by atoms with Gasteiger partial charge in [0.25, 0.3) is 0 Å². The smallest absolute Gasteiger partial charge is 0.414 e. The maximum absolute atomic E-state index is 14.6. The van der Waals surface area contributed by atoms with Crippen LogP contribution in [0.25, 0.3) is 0 Å². The summed E-state index contributed by atoms with van der Waals surface area (Å²) in [5.74, 6) is 0. The van der Waals surface area contributed by atoms with Crippen molar-refractivity contribution < 1.29 is 23.5 Å². The lowest BCUT2D eigenvalue weighted by Gasteiger charge is -2.30. The van der Waals surface area contributed by atoms with E-state index in [0.717, 1.165) is 0 Å². The summed E-state index contributed by atoms with van der Waals surface area (Å²) in [4.78, 5) is 12.1. The first-order valence-electron chi connectivity index (χ1n) is 6.98. The minimum absolute atomic E-state index is 0.00684. The first-order chi connectivity index (χ1) is 8.60. The van der Waals surface area contributed by atoms with E-state index >= 15 is 0 Å². The van der Waals surface area contributed by atoms with E-state index in [0.29, 0.717) is 32.2 Å². The summed E-state index contributed by atoms with van der Waals surface area (Å²) in [6, 6.07) is 0. The lowest BCUT2D eigenvalue weighted by Crippen LogP contribution is -2.51. The highest BCUT2D eigenvalue weighted by molar-refractivity contribution is 5.60. The Morgan fingerprint density at radius 1 is 1.42 bits per heavy atom. The standard InChI is InChI=1S/C14H27FNO3/c1-13(2,3)19-12(18)16(4)9-8-14(15,11-16)7-5-6-10-17/h17H,5-11H2,1-4H3/q+1. The average molecular weight is 276 g/mol. The Hall–Kier alpha value is -0.680. The molecule has 4 nitrogen and oxygen atoms in total. The van der Waals surface area contributed by atoms with E-state index in [1.807, 2.05) is 20.8 Å². The van der Waals surface area contributed by atoms with Crippen molar-refractivity contribution in [3.63, 3.8) is 0 Å². The molecular formula is C14H27FNO3+.